The summed E-state index contributed by atoms with van der Waals surface area (Å²) in [6.07, 6.45) is 0.588. The van der Waals surface area contributed by atoms with Crippen LogP contribution in [0.1, 0.15) is 52.5 Å². The van der Waals surface area contributed by atoms with Crippen LogP contribution < -0.4 is 10.1 Å². The van der Waals surface area contributed by atoms with Crippen LogP contribution in [-0.4, -0.2) is 24.1 Å². The van der Waals surface area contributed by atoms with E-state index in [0.29, 0.717) is 12.1 Å². The van der Waals surface area contributed by atoms with E-state index in [4.69, 9.17) is 4.74 Å². The van der Waals surface area contributed by atoms with E-state index in [1.165, 1.54) is 25.1 Å². The van der Waals surface area contributed by atoms with Crippen LogP contribution in [0.25, 0.3) is 0 Å². The summed E-state index contributed by atoms with van der Waals surface area (Å²) in [5.74, 6) is -2.20. The fraction of sp³-hybridized carbons (Fsp3) is 0.476. The number of allylic oxidation sites excluding steroid dienone is 3. The van der Waals surface area contributed by atoms with Crippen LogP contribution in [0.5, 0.6) is 5.75 Å². The fourth-order valence-corrected chi connectivity index (χ4v) is 3.25. The number of para-hydroxylation sites is 1. The van der Waals surface area contributed by atoms with Gasteiger partial charge < -0.3 is 14.8 Å². The molecule has 0 amide bonds. The maximum absolute atomic E-state index is 12.9. The summed E-state index contributed by atoms with van der Waals surface area (Å²) in [4.78, 5) is 24.2. The second kappa shape index (κ2) is 9.23. The summed E-state index contributed by atoms with van der Waals surface area (Å²) >= 11 is 0. The number of carbonyl (C=O) groups is 1. The van der Waals surface area contributed by atoms with Crippen molar-refractivity contribution >= 4 is 5.97 Å². The zero-order chi connectivity index (χ0) is 22.6. The van der Waals surface area contributed by atoms with Crippen molar-refractivity contribution in [1.82, 2.24) is 5.32 Å². The number of nitro groups is 1. The van der Waals surface area contributed by atoms with Gasteiger partial charge in [0.2, 0.25) is 0 Å². The number of carbonyl (C=O) groups excluding carboxylic acids is 1. The van der Waals surface area contributed by atoms with Gasteiger partial charge in [-0.1, -0.05) is 39.0 Å². The van der Waals surface area contributed by atoms with Crippen molar-refractivity contribution < 1.29 is 28.0 Å². The molecule has 0 aromatic heterocycles. The summed E-state index contributed by atoms with van der Waals surface area (Å²) in [5.41, 5.74) is 0.248. The zero-order valence-electron chi connectivity index (χ0n) is 17.6. The van der Waals surface area contributed by atoms with Gasteiger partial charge in [-0.25, -0.2) is 4.79 Å². The molecule has 0 aliphatic carbocycles. The Balaban J connectivity index is 2.53. The Bertz CT molecular complexity index is 888. The maximum Gasteiger partial charge on any atom is 0.387 e. The summed E-state index contributed by atoms with van der Waals surface area (Å²) in [6, 6.07) is 5.73. The molecule has 0 spiro atoms. The molecule has 9 heteroatoms. The van der Waals surface area contributed by atoms with E-state index in [1.807, 2.05) is 20.8 Å². The van der Waals surface area contributed by atoms with Crippen LogP contribution in [0, 0.1) is 15.5 Å². The maximum atomic E-state index is 12.9. The Hall–Kier alpha value is -2.97. The van der Waals surface area contributed by atoms with Crippen molar-refractivity contribution in [2.75, 3.05) is 6.61 Å². The van der Waals surface area contributed by atoms with Gasteiger partial charge >= 0.3 is 12.6 Å². The molecule has 1 N–H and O–H groups in total. The van der Waals surface area contributed by atoms with Gasteiger partial charge in [0.05, 0.1) is 22.8 Å². The average molecular weight is 424 g/mol. The molecule has 0 saturated heterocycles. The number of nitrogens with zero attached hydrogens (tertiary/aromatic N) is 1. The third kappa shape index (κ3) is 5.55. The second-order valence-electron chi connectivity index (χ2n) is 8.23. The van der Waals surface area contributed by atoms with Gasteiger partial charge in [0.25, 0.3) is 5.70 Å². The highest BCUT2D eigenvalue weighted by Gasteiger charge is 2.42. The number of dihydropyridines is 1. The number of hydrogen-bond donors (Lipinski definition) is 1. The van der Waals surface area contributed by atoms with Crippen LogP contribution in [-0.2, 0) is 9.53 Å². The number of rotatable bonds is 7. The van der Waals surface area contributed by atoms with Gasteiger partial charge in [-0.15, -0.1) is 0 Å². The fourth-order valence-electron chi connectivity index (χ4n) is 3.25. The molecule has 1 aliphatic heterocycles. The van der Waals surface area contributed by atoms with Crippen molar-refractivity contribution in [3.05, 3.63) is 62.6 Å². The molecule has 2 rings (SSSR count). The molecule has 1 atom stereocenters. The van der Waals surface area contributed by atoms with Gasteiger partial charge in [-0.3, -0.25) is 10.1 Å². The quantitative estimate of drug-likeness (QED) is 0.386. The Kier molecular flexibility index (Phi) is 7.17. The lowest BCUT2D eigenvalue weighted by molar-refractivity contribution is -0.431. The van der Waals surface area contributed by atoms with Crippen molar-refractivity contribution in [2.45, 2.75) is 53.6 Å². The molecule has 0 radical (unpaired) electrons. The minimum Gasteiger partial charge on any atom is -0.462 e. The number of alkyl halides is 2. The monoisotopic (exact) mass is 424 g/mol. The highest BCUT2D eigenvalue weighted by Crippen LogP contribution is 2.42. The Labute approximate surface area is 173 Å². The molecular formula is C21H26F2N2O5. The lowest BCUT2D eigenvalue weighted by atomic mass is 9.83. The predicted molar refractivity (Wildman–Crippen MR) is 106 cm³/mol. The van der Waals surface area contributed by atoms with E-state index in [0.717, 1.165) is 0 Å². The van der Waals surface area contributed by atoms with Crippen LogP contribution in [0.15, 0.2) is 46.9 Å². The van der Waals surface area contributed by atoms with Crippen molar-refractivity contribution in [3.63, 3.8) is 0 Å². The summed E-state index contributed by atoms with van der Waals surface area (Å²) in [6.45, 7) is 6.06. The van der Waals surface area contributed by atoms with E-state index >= 15 is 0 Å². The van der Waals surface area contributed by atoms with E-state index in [9.17, 15) is 23.7 Å². The van der Waals surface area contributed by atoms with Gasteiger partial charge in [0.1, 0.15) is 11.7 Å². The molecular weight excluding hydrogens is 398 g/mol. The summed E-state index contributed by atoms with van der Waals surface area (Å²) in [7, 11) is 0. The molecule has 0 saturated carbocycles. The van der Waals surface area contributed by atoms with Crippen LogP contribution in [0.4, 0.5) is 8.78 Å². The molecule has 1 aromatic rings. The first-order valence-corrected chi connectivity index (χ1v) is 9.46. The van der Waals surface area contributed by atoms with Crippen LogP contribution in [0.2, 0.25) is 0 Å². The molecule has 0 bridgehead atoms. The Morgan fingerprint density at radius 2 is 1.87 bits per heavy atom. The molecule has 1 aromatic carbocycles. The number of halogens is 2. The van der Waals surface area contributed by atoms with E-state index < -0.39 is 23.4 Å². The lowest BCUT2D eigenvalue weighted by Crippen LogP contribution is -2.32. The first-order valence-electron chi connectivity index (χ1n) is 9.46. The third-order valence-electron chi connectivity index (χ3n) is 4.67. The van der Waals surface area contributed by atoms with Crippen molar-refractivity contribution in [1.29, 1.82) is 0 Å². The SMILES string of the molecule is CC1=C(C(=O)OCCC(C)(C)C)C(c2ccccc2OC(F)F)C([N+](=O)[O-])=C(C)N1. The second-order valence-corrected chi connectivity index (χ2v) is 8.23. The standard InChI is InChI=1S/C21H26F2N2O5/c1-12-16(19(26)29-11-10-21(3,4)5)17(18(25(27)28)13(2)24-12)14-8-6-7-9-15(14)30-20(22)23/h6-9,17,20,24H,10-11H2,1-5H3. The zero-order valence-corrected chi connectivity index (χ0v) is 17.6. The van der Waals surface area contributed by atoms with Crippen LogP contribution in [0.3, 0.4) is 0 Å². The molecule has 7 nitrogen and oxygen atoms in total. The number of benzene rings is 1. The predicted octanol–water partition coefficient (Wildman–Crippen LogP) is 4.74. The number of ether oxygens (including phenoxy) is 2. The number of hydrogen-bond acceptors (Lipinski definition) is 6. The Morgan fingerprint density at radius 1 is 1.23 bits per heavy atom. The molecule has 1 aliphatic rings. The molecule has 0 fully saturated rings. The molecule has 164 valence electrons. The van der Waals surface area contributed by atoms with Crippen LogP contribution >= 0.6 is 0 Å². The van der Waals surface area contributed by atoms with Gasteiger partial charge in [-0.2, -0.15) is 8.78 Å². The topological polar surface area (TPSA) is 90.7 Å². The lowest BCUT2D eigenvalue weighted by Gasteiger charge is -2.28. The molecule has 1 unspecified atom stereocenters. The van der Waals surface area contributed by atoms with Gasteiger partial charge in [0.15, 0.2) is 0 Å². The van der Waals surface area contributed by atoms with Crippen molar-refractivity contribution in [3.8, 4) is 5.75 Å². The smallest absolute Gasteiger partial charge is 0.387 e. The van der Waals surface area contributed by atoms with Crippen molar-refractivity contribution in [2.24, 2.45) is 5.41 Å². The summed E-state index contributed by atoms with van der Waals surface area (Å²) in [5, 5.41) is 14.7. The first kappa shape index (κ1) is 23.3. The minimum atomic E-state index is -3.12. The first-order chi connectivity index (χ1) is 13.9. The highest BCUT2D eigenvalue weighted by atomic mass is 19.3. The summed E-state index contributed by atoms with van der Waals surface area (Å²) < 4.78 is 35.8. The number of esters is 1. The molecule has 30 heavy (non-hydrogen) atoms. The minimum absolute atomic E-state index is 0.00785. The van der Waals surface area contributed by atoms with Gasteiger partial charge in [0, 0.05) is 11.3 Å². The Morgan fingerprint density at radius 3 is 2.43 bits per heavy atom. The van der Waals surface area contributed by atoms with Gasteiger partial charge in [-0.05, 0) is 31.7 Å². The van der Waals surface area contributed by atoms with E-state index in [-0.39, 0.29) is 40.3 Å². The normalized spacial score (nSPS) is 17.1. The number of nitrogens with one attached hydrogen (secondary N) is 1. The largest absolute Gasteiger partial charge is 0.462 e. The highest BCUT2D eigenvalue weighted by molar-refractivity contribution is 5.92. The van der Waals surface area contributed by atoms with E-state index in [1.54, 1.807) is 13.0 Å². The molecule has 1 heterocycles. The average Bonchev–Trinajstić information content (AvgIpc) is 2.59. The van der Waals surface area contributed by atoms with E-state index in [2.05, 4.69) is 10.1 Å². The third-order valence-corrected chi connectivity index (χ3v) is 4.67.